The number of hydrogen-bond acceptors (Lipinski definition) is 4. The lowest BCUT2D eigenvalue weighted by Gasteiger charge is -2.13. The highest BCUT2D eigenvalue weighted by atomic mass is 32.2. The number of aromatic nitrogens is 2. The second-order valence-corrected chi connectivity index (χ2v) is 6.05. The van der Waals surface area contributed by atoms with Gasteiger partial charge in [-0.15, -0.1) is 0 Å². The fourth-order valence-corrected chi connectivity index (χ4v) is 3.02. The summed E-state index contributed by atoms with van der Waals surface area (Å²) in [5.74, 6) is -0.519. The van der Waals surface area contributed by atoms with Crippen LogP contribution in [0.5, 0.6) is 0 Å². The molecular weight excluding hydrogens is 283 g/mol. The fourth-order valence-electron chi connectivity index (χ4n) is 1.74. The zero-order chi connectivity index (χ0) is 14.8. The minimum Gasteiger partial charge on any atom is -0.326 e. The maximum atomic E-state index is 13.3. The van der Waals surface area contributed by atoms with Crippen molar-refractivity contribution in [1.82, 2.24) is 14.9 Å². The normalized spacial score (nSPS) is 13.3. The third-order valence-corrected chi connectivity index (χ3v) is 4.44. The SMILES string of the molecule is CC(NS(=O)(=O)c1ccc(F)c(CN)c1)c1cn[nH]c1. The molecule has 0 aliphatic rings. The maximum Gasteiger partial charge on any atom is 0.241 e. The van der Waals surface area contributed by atoms with E-state index in [2.05, 4.69) is 14.9 Å². The summed E-state index contributed by atoms with van der Waals surface area (Å²) in [7, 11) is -3.75. The Bertz CT molecular complexity index is 685. The molecule has 0 fully saturated rings. The molecular formula is C12H15FN4O2S. The van der Waals surface area contributed by atoms with Gasteiger partial charge in [-0.3, -0.25) is 5.10 Å². The van der Waals surface area contributed by atoms with Crippen molar-refractivity contribution in [2.75, 3.05) is 0 Å². The predicted molar refractivity (Wildman–Crippen MR) is 71.6 cm³/mol. The molecule has 0 amide bonds. The summed E-state index contributed by atoms with van der Waals surface area (Å²) in [5, 5.41) is 6.37. The molecule has 0 saturated carbocycles. The Labute approximate surface area is 116 Å². The Balaban J connectivity index is 2.26. The summed E-state index contributed by atoms with van der Waals surface area (Å²) in [6.45, 7) is 1.63. The number of sulfonamides is 1. The molecule has 1 heterocycles. The monoisotopic (exact) mass is 298 g/mol. The second kappa shape index (κ2) is 5.70. The van der Waals surface area contributed by atoms with E-state index in [1.807, 2.05) is 0 Å². The highest BCUT2D eigenvalue weighted by molar-refractivity contribution is 7.89. The van der Waals surface area contributed by atoms with Crippen molar-refractivity contribution < 1.29 is 12.8 Å². The molecule has 108 valence electrons. The van der Waals surface area contributed by atoms with E-state index in [1.165, 1.54) is 18.3 Å². The number of H-pyrrole nitrogens is 1. The van der Waals surface area contributed by atoms with Gasteiger partial charge in [-0.2, -0.15) is 5.10 Å². The molecule has 0 saturated heterocycles. The second-order valence-electron chi connectivity index (χ2n) is 4.33. The largest absolute Gasteiger partial charge is 0.326 e. The molecule has 1 aromatic heterocycles. The van der Waals surface area contributed by atoms with Crippen molar-refractivity contribution in [3.8, 4) is 0 Å². The number of nitrogens with zero attached hydrogens (tertiary/aromatic N) is 1. The van der Waals surface area contributed by atoms with Crippen molar-refractivity contribution in [1.29, 1.82) is 0 Å². The molecule has 1 aromatic carbocycles. The highest BCUT2D eigenvalue weighted by Gasteiger charge is 2.20. The quantitative estimate of drug-likeness (QED) is 0.768. The first-order valence-corrected chi connectivity index (χ1v) is 7.42. The lowest BCUT2D eigenvalue weighted by molar-refractivity contribution is 0.565. The lowest BCUT2D eigenvalue weighted by Crippen LogP contribution is -2.27. The minimum absolute atomic E-state index is 0.0188. The average Bonchev–Trinajstić information content (AvgIpc) is 2.92. The molecule has 20 heavy (non-hydrogen) atoms. The first-order valence-electron chi connectivity index (χ1n) is 5.93. The van der Waals surface area contributed by atoms with Crippen LogP contribution in [0.2, 0.25) is 0 Å². The van der Waals surface area contributed by atoms with E-state index in [0.717, 1.165) is 6.07 Å². The molecule has 1 unspecified atom stereocenters. The van der Waals surface area contributed by atoms with E-state index in [1.54, 1.807) is 13.1 Å². The van der Waals surface area contributed by atoms with Gasteiger partial charge in [0, 0.05) is 29.9 Å². The van der Waals surface area contributed by atoms with Crippen LogP contribution in [0.15, 0.2) is 35.5 Å². The van der Waals surface area contributed by atoms with E-state index in [-0.39, 0.29) is 17.0 Å². The summed E-state index contributed by atoms with van der Waals surface area (Å²) in [4.78, 5) is -0.0188. The van der Waals surface area contributed by atoms with E-state index >= 15 is 0 Å². The van der Waals surface area contributed by atoms with Gasteiger partial charge in [0.2, 0.25) is 10.0 Å². The first-order chi connectivity index (χ1) is 9.44. The van der Waals surface area contributed by atoms with Gasteiger partial charge in [-0.25, -0.2) is 17.5 Å². The Morgan fingerprint density at radius 3 is 2.85 bits per heavy atom. The highest BCUT2D eigenvalue weighted by Crippen LogP contribution is 2.18. The van der Waals surface area contributed by atoms with Gasteiger partial charge in [0.25, 0.3) is 0 Å². The van der Waals surface area contributed by atoms with Crippen LogP contribution >= 0.6 is 0 Å². The predicted octanol–water partition coefficient (Wildman–Crippen LogP) is 1.05. The Kier molecular flexibility index (Phi) is 4.17. The number of halogens is 1. The summed E-state index contributed by atoms with van der Waals surface area (Å²) in [5.41, 5.74) is 6.23. The molecule has 2 rings (SSSR count). The third kappa shape index (κ3) is 3.03. The van der Waals surface area contributed by atoms with Gasteiger partial charge in [0.15, 0.2) is 0 Å². The molecule has 0 aliphatic heterocycles. The van der Waals surface area contributed by atoms with Crippen LogP contribution in [0, 0.1) is 5.82 Å². The number of nitrogens with one attached hydrogen (secondary N) is 2. The minimum atomic E-state index is -3.75. The fraction of sp³-hybridized carbons (Fsp3) is 0.250. The number of rotatable bonds is 5. The molecule has 0 aliphatic carbocycles. The van der Waals surface area contributed by atoms with Gasteiger partial charge < -0.3 is 5.73 Å². The Hall–Kier alpha value is -1.77. The van der Waals surface area contributed by atoms with Gasteiger partial charge in [0.05, 0.1) is 11.1 Å². The first kappa shape index (κ1) is 14.6. The van der Waals surface area contributed by atoms with Gasteiger partial charge in [0.1, 0.15) is 5.82 Å². The van der Waals surface area contributed by atoms with E-state index in [4.69, 9.17) is 5.73 Å². The molecule has 0 bridgehead atoms. The Morgan fingerprint density at radius 1 is 1.50 bits per heavy atom. The molecule has 2 aromatic rings. The lowest BCUT2D eigenvalue weighted by atomic mass is 10.2. The van der Waals surface area contributed by atoms with E-state index in [0.29, 0.717) is 5.56 Å². The average molecular weight is 298 g/mol. The number of hydrogen-bond donors (Lipinski definition) is 3. The molecule has 8 heteroatoms. The Morgan fingerprint density at radius 2 is 2.25 bits per heavy atom. The van der Waals surface area contributed by atoms with Gasteiger partial charge >= 0.3 is 0 Å². The van der Waals surface area contributed by atoms with Crippen molar-refractivity contribution >= 4 is 10.0 Å². The summed E-state index contributed by atoms with van der Waals surface area (Å²) < 4.78 is 40.3. The van der Waals surface area contributed by atoms with E-state index < -0.39 is 21.9 Å². The zero-order valence-electron chi connectivity index (χ0n) is 10.8. The molecule has 1 atom stereocenters. The van der Waals surface area contributed by atoms with Crippen LogP contribution in [0.4, 0.5) is 4.39 Å². The van der Waals surface area contributed by atoms with Crippen molar-refractivity contribution in [2.45, 2.75) is 24.4 Å². The van der Waals surface area contributed by atoms with Crippen molar-refractivity contribution in [3.05, 3.63) is 47.5 Å². The number of nitrogens with two attached hydrogens (primary N) is 1. The standard InChI is InChI=1S/C12H15FN4O2S/c1-8(10-6-15-16-7-10)17-20(18,19)11-2-3-12(13)9(4-11)5-14/h2-4,6-8,17H,5,14H2,1H3,(H,15,16). The van der Waals surface area contributed by atoms with E-state index in [9.17, 15) is 12.8 Å². The number of aromatic amines is 1. The topological polar surface area (TPSA) is 101 Å². The van der Waals surface area contributed by atoms with Crippen LogP contribution in [0.25, 0.3) is 0 Å². The van der Waals surface area contributed by atoms with Crippen LogP contribution in [0.1, 0.15) is 24.1 Å². The maximum absolute atomic E-state index is 13.3. The molecule has 6 nitrogen and oxygen atoms in total. The van der Waals surface area contributed by atoms with Crippen LogP contribution in [-0.2, 0) is 16.6 Å². The van der Waals surface area contributed by atoms with Crippen molar-refractivity contribution in [3.63, 3.8) is 0 Å². The van der Waals surface area contributed by atoms with Crippen molar-refractivity contribution in [2.24, 2.45) is 5.73 Å². The van der Waals surface area contributed by atoms with Gasteiger partial charge in [-0.1, -0.05) is 0 Å². The summed E-state index contributed by atoms with van der Waals surface area (Å²) >= 11 is 0. The van der Waals surface area contributed by atoms with Gasteiger partial charge in [-0.05, 0) is 25.1 Å². The third-order valence-electron chi connectivity index (χ3n) is 2.90. The van der Waals surface area contributed by atoms with Crippen LogP contribution < -0.4 is 10.5 Å². The van der Waals surface area contributed by atoms with Crippen LogP contribution in [0.3, 0.4) is 0 Å². The zero-order valence-corrected chi connectivity index (χ0v) is 11.6. The summed E-state index contributed by atoms with van der Waals surface area (Å²) in [6, 6.07) is 3.09. The smallest absolute Gasteiger partial charge is 0.241 e. The molecule has 0 spiro atoms. The molecule has 0 radical (unpaired) electrons. The summed E-state index contributed by atoms with van der Waals surface area (Å²) in [6.07, 6.45) is 3.13. The molecule has 4 N–H and O–H groups in total. The van der Waals surface area contributed by atoms with Crippen LogP contribution in [-0.4, -0.2) is 18.6 Å². The number of benzene rings is 1.